The highest BCUT2D eigenvalue weighted by molar-refractivity contribution is 6.32. The standard InChI is InChI=1S/C18H11Cl2FN2O3/c19-10-4-5-12-15(8-10)22-16(23-18(12)25)9-26-17(24)7-6-11-13(20)2-1-3-14(11)21/h1-8H,9H2,(H,22,23,25)/b7-6+. The molecular weight excluding hydrogens is 382 g/mol. The molecule has 3 aromatic rings. The van der Waals surface area contributed by atoms with Gasteiger partial charge in [0, 0.05) is 16.7 Å². The highest BCUT2D eigenvalue weighted by Gasteiger charge is 2.08. The zero-order valence-corrected chi connectivity index (χ0v) is 14.6. The van der Waals surface area contributed by atoms with Crippen LogP contribution in [0.4, 0.5) is 4.39 Å². The Kier molecular flexibility index (Phi) is 5.35. The molecule has 0 bridgehead atoms. The molecule has 0 amide bonds. The molecule has 0 atom stereocenters. The summed E-state index contributed by atoms with van der Waals surface area (Å²) < 4.78 is 18.6. The Morgan fingerprint density at radius 2 is 2.08 bits per heavy atom. The summed E-state index contributed by atoms with van der Waals surface area (Å²) >= 11 is 11.8. The maximum atomic E-state index is 13.6. The molecule has 0 unspecified atom stereocenters. The lowest BCUT2D eigenvalue weighted by molar-refractivity contribution is -0.139. The molecule has 0 aliphatic heterocycles. The summed E-state index contributed by atoms with van der Waals surface area (Å²) in [6.07, 6.45) is 2.26. The van der Waals surface area contributed by atoms with Crippen molar-refractivity contribution in [1.82, 2.24) is 9.97 Å². The highest BCUT2D eigenvalue weighted by Crippen LogP contribution is 2.20. The quantitative estimate of drug-likeness (QED) is 0.535. The smallest absolute Gasteiger partial charge is 0.331 e. The van der Waals surface area contributed by atoms with Crippen LogP contribution >= 0.6 is 23.2 Å². The van der Waals surface area contributed by atoms with Crippen molar-refractivity contribution in [3.63, 3.8) is 0 Å². The summed E-state index contributed by atoms with van der Waals surface area (Å²) in [5.74, 6) is -1.13. The molecule has 132 valence electrons. The number of fused-ring (bicyclic) bond motifs is 1. The van der Waals surface area contributed by atoms with Gasteiger partial charge in [0.1, 0.15) is 18.2 Å². The summed E-state index contributed by atoms with van der Waals surface area (Å²) in [6, 6.07) is 8.87. The molecule has 1 heterocycles. The van der Waals surface area contributed by atoms with E-state index in [-0.39, 0.29) is 28.6 Å². The molecule has 1 N–H and O–H groups in total. The third-order valence-corrected chi connectivity index (χ3v) is 4.02. The monoisotopic (exact) mass is 392 g/mol. The van der Waals surface area contributed by atoms with E-state index in [9.17, 15) is 14.0 Å². The molecule has 0 fully saturated rings. The fraction of sp³-hybridized carbons (Fsp3) is 0.0556. The second-order valence-electron chi connectivity index (χ2n) is 5.25. The second-order valence-corrected chi connectivity index (χ2v) is 6.09. The molecule has 3 rings (SSSR count). The first-order chi connectivity index (χ1) is 12.4. The predicted molar refractivity (Wildman–Crippen MR) is 97.6 cm³/mol. The van der Waals surface area contributed by atoms with E-state index in [4.69, 9.17) is 27.9 Å². The number of hydrogen-bond acceptors (Lipinski definition) is 4. The lowest BCUT2D eigenvalue weighted by atomic mass is 10.2. The van der Waals surface area contributed by atoms with Crippen molar-refractivity contribution >= 4 is 46.2 Å². The molecule has 2 aromatic carbocycles. The van der Waals surface area contributed by atoms with Crippen LogP contribution in [0.25, 0.3) is 17.0 Å². The van der Waals surface area contributed by atoms with Gasteiger partial charge >= 0.3 is 5.97 Å². The van der Waals surface area contributed by atoms with Crippen molar-refractivity contribution in [2.75, 3.05) is 0 Å². The number of aromatic amines is 1. The van der Waals surface area contributed by atoms with E-state index in [1.807, 2.05) is 0 Å². The van der Waals surface area contributed by atoms with Gasteiger partial charge in [-0.2, -0.15) is 0 Å². The van der Waals surface area contributed by atoms with Crippen LogP contribution in [0.5, 0.6) is 0 Å². The van der Waals surface area contributed by atoms with E-state index in [2.05, 4.69) is 9.97 Å². The van der Waals surface area contributed by atoms with E-state index < -0.39 is 11.8 Å². The van der Waals surface area contributed by atoms with Crippen LogP contribution in [0.2, 0.25) is 10.0 Å². The van der Waals surface area contributed by atoms with Gasteiger partial charge in [-0.15, -0.1) is 0 Å². The van der Waals surface area contributed by atoms with Gasteiger partial charge in [0.05, 0.1) is 15.9 Å². The van der Waals surface area contributed by atoms with Crippen molar-refractivity contribution in [3.05, 3.63) is 80.1 Å². The van der Waals surface area contributed by atoms with Gasteiger partial charge in [-0.3, -0.25) is 4.79 Å². The van der Waals surface area contributed by atoms with Crippen LogP contribution in [-0.2, 0) is 16.1 Å². The molecule has 0 aliphatic carbocycles. The van der Waals surface area contributed by atoms with Crippen molar-refractivity contribution in [2.45, 2.75) is 6.61 Å². The van der Waals surface area contributed by atoms with Gasteiger partial charge in [-0.05, 0) is 36.4 Å². The maximum Gasteiger partial charge on any atom is 0.331 e. The maximum absolute atomic E-state index is 13.6. The van der Waals surface area contributed by atoms with Crippen molar-refractivity contribution in [3.8, 4) is 0 Å². The molecule has 8 heteroatoms. The number of H-pyrrole nitrogens is 1. The SMILES string of the molecule is O=C(/C=C/c1c(F)cccc1Cl)OCc1nc2cc(Cl)ccc2c(=O)[nH]1. The Morgan fingerprint density at radius 3 is 2.85 bits per heavy atom. The number of benzene rings is 2. The van der Waals surface area contributed by atoms with Gasteiger partial charge in [0.25, 0.3) is 5.56 Å². The van der Waals surface area contributed by atoms with Gasteiger partial charge in [0.2, 0.25) is 0 Å². The van der Waals surface area contributed by atoms with E-state index >= 15 is 0 Å². The number of esters is 1. The number of ether oxygens (including phenoxy) is 1. The van der Waals surface area contributed by atoms with Crippen molar-refractivity contribution in [2.24, 2.45) is 0 Å². The number of aromatic nitrogens is 2. The molecule has 5 nitrogen and oxygen atoms in total. The summed E-state index contributed by atoms with van der Waals surface area (Å²) in [6.45, 7) is -0.258. The number of carbonyl (C=O) groups is 1. The molecule has 26 heavy (non-hydrogen) atoms. The first-order valence-corrected chi connectivity index (χ1v) is 8.17. The minimum atomic E-state index is -0.738. The van der Waals surface area contributed by atoms with Gasteiger partial charge in [-0.1, -0.05) is 29.3 Å². The minimum Gasteiger partial charge on any atom is -0.454 e. The van der Waals surface area contributed by atoms with Gasteiger partial charge < -0.3 is 9.72 Å². The summed E-state index contributed by atoms with van der Waals surface area (Å²) in [4.78, 5) is 30.5. The lowest BCUT2D eigenvalue weighted by Crippen LogP contribution is -2.13. The number of carbonyl (C=O) groups excluding carboxylic acids is 1. The van der Waals surface area contributed by atoms with Crippen LogP contribution in [0.3, 0.4) is 0 Å². The van der Waals surface area contributed by atoms with Crippen LogP contribution in [0, 0.1) is 5.82 Å². The van der Waals surface area contributed by atoms with Crippen LogP contribution < -0.4 is 5.56 Å². The number of halogens is 3. The fourth-order valence-corrected chi connectivity index (χ4v) is 2.63. The normalized spacial score (nSPS) is 11.2. The summed E-state index contributed by atoms with van der Waals surface area (Å²) in [7, 11) is 0. The first kappa shape index (κ1) is 18.1. The molecular formula is C18H11Cl2FN2O3. The Bertz CT molecular complexity index is 1060. The molecule has 0 spiro atoms. The minimum absolute atomic E-state index is 0.0815. The summed E-state index contributed by atoms with van der Waals surface area (Å²) in [5, 5.41) is 0.980. The topological polar surface area (TPSA) is 72.0 Å². The van der Waals surface area contributed by atoms with Crippen molar-refractivity contribution in [1.29, 1.82) is 0 Å². The zero-order valence-electron chi connectivity index (χ0n) is 13.1. The number of nitrogens with zero attached hydrogens (tertiary/aromatic N) is 1. The van der Waals surface area contributed by atoms with Crippen LogP contribution in [0.1, 0.15) is 11.4 Å². The Balaban J connectivity index is 1.73. The van der Waals surface area contributed by atoms with Crippen LogP contribution in [-0.4, -0.2) is 15.9 Å². The Hall–Kier alpha value is -2.70. The lowest BCUT2D eigenvalue weighted by Gasteiger charge is -2.04. The summed E-state index contributed by atoms with van der Waals surface area (Å²) in [5.41, 5.74) is 0.102. The van der Waals surface area contributed by atoms with E-state index in [1.54, 1.807) is 12.1 Å². The average molecular weight is 393 g/mol. The molecule has 0 radical (unpaired) electrons. The molecule has 0 aliphatic rings. The van der Waals surface area contributed by atoms with Gasteiger partial charge in [0.15, 0.2) is 0 Å². The Morgan fingerprint density at radius 1 is 1.27 bits per heavy atom. The number of nitrogens with one attached hydrogen (secondary N) is 1. The highest BCUT2D eigenvalue weighted by atomic mass is 35.5. The first-order valence-electron chi connectivity index (χ1n) is 7.41. The molecule has 0 saturated heterocycles. The molecule has 1 aromatic heterocycles. The Labute approximate surface area is 157 Å². The predicted octanol–water partition coefficient (Wildman–Crippen LogP) is 4.13. The van der Waals surface area contributed by atoms with E-state index in [1.165, 1.54) is 30.3 Å². The van der Waals surface area contributed by atoms with Gasteiger partial charge in [-0.25, -0.2) is 14.2 Å². The average Bonchev–Trinajstić information content (AvgIpc) is 2.59. The fourth-order valence-electron chi connectivity index (χ4n) is 2.24. The largest absolute Gasteiger partial charge is 0.454 e. The second kappa shape index (κ2) is 7.68. The third kappa shape index (κ3) is 4.09. The van der Waals surface area contributed by atoms with Crippen LogP contribution in [0.15, 0.2) is 47.3 Å². The number of rotatable bonds is 4. The van der Waals surface area contributed by atoms with Crippen molar-refractivity contribution < 1.29 is 13.9 Å². The number of hydrogen-bond donors (Lipinski definition) is 1. The van der Waals surface area contributed by atoms with E-state index in [0.29, 0.717) is 15.9 Å². The third-order valence-electron chi connectivity index (χ3n) is 3.45. The molecule has 0 saturated carbocycles. The zero-order chi connectivity index (χ0) is 18.7. The van der Waals surface area contributed by atoms with E-state index in [0.717, 1.165) is 6.08 Å².